The molecule has 0 heterocycles. The van der Waals surface area contributed by atoms with Gasteiger partial charge in [0.15, 0.2) is 0 Å². The van der Waals surface area contributed by atoms with Crippen molar-refractivity contribution in [2.24, 2.45) is 0 Å². The highest BCUT2D eigenvalue weighted by Gasteiger charge is 2.23. The predicted octanol–water partition coefficient (Wildman–Crippen LogP) is 2.32. The molecule has 1 aliphatic carbocycles. The number of amides is 1. The first-order chi connectivity index (χ1) is 7.29. The number of hydrogen-bond acceptors (Lipinski definition) is 1. The Labute approximate surface area is 103 Å². The largest absolute Gasteiger partial charge is 0.349 e. The van der Waals surface area contributed by atoms with Crippen LogP contribution in [0.3, 0.4) is 0 Å². The summed E-state index contributed by atoms with van der Waals surface area (Å²) in [5, 5.41) is 2.95. The van der Waals surface area contributed by atoms with Gasteiger partial charge in [-0.05, 0) is 41.0 Å². The lowest BCUT2D eigenvalue weighted by Crippen LogP contribution is -2.25. The molecule has 1 amide bonds. The predicted molar refractivity (Wildman–Crippen MR) is 67.8 cm³/mol. The number of benzene rings is 1. The molecule has 0 aromatic heterocycles. The monoisotopic (exact) mass is 311 g/mol. The average molecular weight is 311 g/mol. The van der Waals surface area contributed by atoms with E-state index in [2.05, 4.69) is 15.2 Å². The van der Waals surface area contributed by atoms with Crippen molar-refractivity contribution in [3.63, 3.8) is 0 Å². The molecule has 2 rings (SSSR count). The van der Waals surface area contributed by atoms with E-state index in [0.29, 0.717) is 11.6 Å². The SMILES string of the molecule is O=C(NC1CC1)c1ccc(C#CI)cc1. The van der Waals surface area contributed by atoms with Crippen LogP contribution < -0.4 is 5.32 Å². The third-order valence-electron chi connectivity index (χ3n) is 2.25. The van der Waals surface area contributed by atoms with Crippen LogP contribution in [-0.2, 0) is 0 Å². The number of carbonyl (C=O) groups excluding carboxylic acids is 1. The summed E-state index contributed by atoms with van der Waals surface area (Å²) in [6, 6.07) is 7.77. The minimum Gasteiger partial charge on any atom is -0.349 e. The van der Waals surface area contributed by atoms with E-state index in [1.807, 2.05) is 46.9 Å². The molecule has 0 bridgehead atoms. The summed E-state index contributed by atoms with van der Waals surface area (Å²) < 4.78 is 2.79. The van der Waals surface area contributed by atoms with Gasteiger partial charge in [0.25, 0.3) is 5.91 Å². The van der Waals surface area contributed by atoms with Crippen LogP contribution in [0, 0.1) is 9.85 Å². The van der Waals surface area contributed by atoms with E-state index in [1.165, 1.54) is 0 Å². The summed E-state index contributed by atoms with van der Waals surface area (Å²) in [7, 11) is 0. The van der Waals surface area contributed by atoms with Gasteiger partial charge in [-0.15, -0.1) is 0 Å². The fraction of sp³-hybridized carbons (Fsp3) is 0.250. The minimum atomic E-state index is 0.0199. The minimum absolute atomic E-state index is 0.0199. The van der Waals surface area contributed by atoms with Crippen molar-refractivity contribution in [1.29, 1.82) is 0 Å². The standard InChI is InChI=1S/C12H10INO/c13-8-7-9-1-3-10(4-2-9)12(15)14-11-5-6-11/h1-4,11H,5-6H2,(H,14,15). The Morgan fingerprint density at radius 2 is 2.00 bits per heavy atom. The van der Waals surface area contributed by atoms with Crippen molar-refractivity contribution in [2.75, 3.05) is 0 Å². The summed E-state index contributed by atoms with van der Waals surface area (Å²) in [6.07, 6.45) is 2.23. The van der Waals surface area contributed by atoms with Crippen LogP contribution in [0.5, 0.6) is 0 Å². The van der Waals surface area contributed by atoms with Gasteiger partial charge in [-0.2, -0.15) is 0 Å². The summed E-state index contributed by atoms with van der Waals surface area (Å²) in [5.41, 5.74) is 1.65. The second-order valence-corrected chi connectivity index (χ2v) is 4.08. The number of nitrogens with one attached hydrogen (secondary N) is 1. The lowest BCUT2D eigenvalue weighted by atomic mass is 10.1. The topological polar surface area (TPSA) is 29.1 Å². The van der Waals surface area contributed by atoms with Crippen molar-refractivity contribution in [1.82, 2.24) is 5.32 Å². The molecule has 0 atom stereocenters. The summed E-state index contributed by atoms with van der Waals surface area (Å²) in [4.78, 5) is 11.6. The summed E-state index contributed by atoms with van der Waals surface area (Å²) in [6.45, 7) is 0. The molecule has 15 heavy (non-hydrogen) atoms. The molecule has 1 N–H and O–H groups in total. The van der Waals surface area contributed by atoms with Crippen molar-refractivity contribution in [3.8, 4) is 9.85 Å². The molecule has 1 aliphatic rings. The summed E-state index contributed by atoms with van der Waals surface area (Å²) >= 11 is 2.00. The van der Waals surface area contributed by atoms with Crippen molar-refractivity contribution in [3.05, 3.63) is 35.4 Å². The zero-order chi connectivity index (χ0) is 10.7. The number of hydrogen-bond donors (Lipinski definition) is 1. The normalized spacial score (nSPS) is 13.9. The van der Waals surface area contributed by atoms with Gasteiger partial charge in [-0.1, -0.05) is 5.92 Å². The number of rotatable bonds is 2. The Balaban J connectivity index is 2.06. The van der Waals surface area contributed by atoms with Crippen LogP contribution in [-0.4, -0.2) is 11.9 Å². The first kappa shape index (κ1) is 10.5. The highest BCUT2D eigenvalue weighted by Crippen LogP contribution is 2.19. The quantitative estimate of drug-likeness (QED) is 0.659. The lowest BCUT2D eigenvalue weighted by molar-refractivity contribution is 0.0951. The molecule has 0 unspecified atom stereocenters. The van der Waals surface area contributed by atoms with Gasteiger partial charge < -0.3 is 5.32 Å². The van der Waals surface area contributed by atoms with E-state index in [4.69, 9.17) is 0 Å². The maximum atomic E-state index is 11.6. The number of carbonyl (C=O) groups is 1. The smallest absolute Gasteiger partial charge is 0.251 e. The van der Waals surface area contributed by atoms with E-state index in [9.17, 15) is 4.79 Å². The Bertz CT molecular complexity index is 423. The third kappa shape index (κ3) is 2.96. The van der Waals surface area contributed by atoms with Crippen LogP contribution >= 0.6 is 22.6 Å². The zero-order valence-electron chi connectivity index (χ0n) is 8.09. The molecule has 1 saturated carbocycles. The highest BCUT2D eigenvalue weighted by molar-refractivity contribution is 14.1. The molecule has 2 nitrogen and oxygen atoms in total. The fourth-order valence-corrected chi connectivity index (χ4v) is 1.57. The maximum absolute atomic E-state index is 11.6. The summed E-state index contributed by atoms with van der Waals surface area (Å²) in [5.74, 6) is 2.95. The van der Waals surface area contributed by atoms with Crippen molar-refractivity contribution >= 4 is 28.5 Å². The van der Waals surface area contributed by atoms with Crippen LogP contribution in [0.4, 0.5) is 0 Å². The lowest BCUT2D eigenvalue weighted by Gasteiger charge is -2.02. The molecular formula is C12H10INO. The molecule has 1 aromatic carbocycles. The van der Waals surface area contributed by atoms with Gasteiger partial charge in [0.1, 0.15) is 0 Å². The molecule has 0 radical (unpaired) electrons. The van der Waals surface area contributed by atoms with Gasteiger partial charge in [0.05, 0.1) is 0 Å². The van der Waals surface area contributed by atoms with Gasteiger partial charge in [0, 0.05) is 39.8 Å². The Kier molecular flexibility index (Phi) is 3.27. The van der Waals surface area contributed by atoms with Crippen LogP contribution in [0.15, 0.2) is 24.3 Å². The highest BCUT2D eigenvalue weighted by atomic mass is 127. The van der Waals surface area contributed by atoms with E-state index < -0.39 is 0 Å². The molecule has 0 saturated heterocycles. The molecule has 0 spiro atoms. The Morgan fingerprint density at radius 1 is 1.33 bits per heavy atom. The Hall–Kier alpha value is -1.02. The first-order valence-corrected chi connectivity index (χ1v) is 5.90. The van der Waals surface area contributed by atoms with Crippen molar-refractivity contribution in [2.45, 2.75) is 18.9 Å². The molecule has 1 aromatic rings. The average Bonchev–Trinajstić information content (AvgIpc) is 3.03. The second-order valence-electron chi connectivity index (χ2n) is 3.54. The van der Waals surface area contributed by atoms with E-state index >= 15 is 0 Å². The Morgan fingerprint density at radius 3 is 2.53 bits per heavy atom. The van der Waals surface area contributed by atoms with Crippen LogP contribution in [0.25, 0.3) is 0 Å². The molecule has 76 valence electrons. The zero-order valence-corrected chi connectivity index (χ0v) is 10.2. The third-order valence-corrected chi connectivity index (χ3v) is 2.52. The van der Waals surface area contributed by atoms with E-state index in [-0.39, 0.29) is 5.91 Å². The van der Waals surface area contributed by atoms with E-state index in [0.717, 1.165) is 18.4 Å². The first-order valence-electron chi connectivity index (χ1n) is 4.82. The molecule has 1 fully saturated rings. The van der Waals surface area contributed by atoms with Gasteiger partial charge in [-0.3, -0.25) is 4.79 Å². The van der Waals surface area contributed by atoms with Gasteiger partial charge in [-0.25, -0.2) is 0 Å². The van der Waals surface area contributed by atoms with Crippen LogP contribution in [0.1, 0.15) is 28.8 Å². The molecular weight excluding hydrogens is 301 g/mol. The maximum Gasteiger partial charge on any atom is 0.251 e. The van der Waals surface area contributed by atoms with Gasteiger partial charge >= 0.3 is 0 Å². The fourth-order valence-electron chi connectivity index (χ4n) is 1.26. The van der Waals surface area contributed by atoms with E-state index in [1.54, 1.807) is 0 Å². The van der Waals surface area contributed by atoms with Crippen molar-refractivity contribution < 1.29 is 4.79 Å². The number of halogens is 1. The van der Waals surface area contributed by atoms with Crippen LogP contribution in [0.2, 0.25) is 0 Å². The molecule has 3 heteroatoms. The van der Waals surface area contributed by atoms with Gasteiger partial charge in [0.2, 0.25) is 0 Å². The second kappa shape index (κ2) is 4.67. The molecule has 0 aliphatic heterocycles.